The topological polar surface area (TPSA) is 28.7 Å². The molecule has 0 spiro atoms. The normalized spacial score (nSPS) is 7.62. The van der Waals surface area contributed by atoms with E-state index in [4.69, 9.17) is 0 Å². The summed E-state index contributed by atoms with van der Waals surface area (Å²) in [5.74, 6) is 2.73. The Morgan fingerprint density at radius 3 is 3.12 bits per heavy atom. The van der Waals surface area contributed by atoms with Crippen molar-refractivity contribution in [3.05, 3.63) is 18.0 Å². The molecular formula is C5H3N2Si. The molecule has 0 bridgehead atoms. The van der Waals surface area contributed by atoms with E-state index in [0.29, 0.717) is 0 Å². The van der Waals surface area contributed by atoms with Crippen LogP contribution in [0.4, 0.5) is 0 Å². The van der Waals surface area contributed by atoms with Crippen LogP contribution >= 0.6 is 0 Å². The van der Waals surface area contributed by atoms with Gasteiger partial charge in [0.1, 0.15) is 15.9 Å². The Labute approximate surface area is 50.7 Å². The van der Waals surface area contributed by atoms with Crippen LogP contribution in [0.3, 0.4) is 0 Å². The quantitative estimate of drug-likeness (QED) is 0.374. The van der Waals surface area contributed by atoms with Crippen molar-refractivity contribution in [3.63, 3.8) is 0 Å². The molecule has 1 aromatic rings. The van der Waals surface area contributed by atoms with Crippen molar-refractivity contribution >= 4 is 10.2 Å². The van der Waals surface area contributed by atoms with Gasteiger partial charge in [-0.3, -0.25) is 5.10 Å². The molecule has 3 radical (unpaired) electrons. The SMILES string of the molecule is [Si]C#Cc1ccn[nH]1. The average molecular weight is 119 g/mol. The van der Waals surface area contributed by atoms with Crippen LogP contribution in [0, 0.1) is 11.5 Å². The zero-order valence-corrected chi connectivity index (χ0v) is 5.10. The van der Waals surface area contributed by atoms with Crippen LogP contribution in [-0.2, 0) is 0 Å². The van der Waals surface area contributed by atoms with Crippen LogP contribution in [0.2, 0.25) is 0 Å². The lowest BCUT2D eigenvalue weighted by Gasteiger charge is -1.71. The van der Waals surface area contributed by atoms with E-state index in [1.807, 2.05) is 0 Å². The summed E-state index contributed by atoms with van der Waals surface area (Å²) in [5, 5.41) is 6.38. The Morgan fingerprint density at radius 2 is 2.62 bits per heavy atom. The molecule has 0 aromatic carbocycles. The fourth-order valence-corrected chi connectivity index (χ4v) is 0.528. The lowest BCUT2D eigenvalue weighted by Crippen LogP contribution is -1.71. The average Bonchev–Trinajstić information content (AvgIpc) is 2.19. The van der Waals surface area contributed by atoms with Crippen LogP contribution in [0.25, 0.3) is 0 Å². The van der Waals surface area contributed by atoms with Crippen molar-refractivity contribution in [2.75, 3.05) is 0 Å². The molecule has 0 atom stereocenters. The zero-order valence-electron chi connectivity index (χ0n) is 4.10. The highest BCUT2D eigenvalue weighted by Crippen LogP contribution is 1.84. The molecule has 2 nitrogen and oxygen atoms in total. The van der Waals surface area contributed by atoms with E-state index in [-0.39, 0.29) is 0 Å². The highest BCUT2D eigenvalue weighted by molar-refractivity contribution is 6.22. The van der Waals surface area contributed by atoms with Gasteiger partial charge in [0.05, 0.1) is 0 Å². The third kappa shape index (κ3) is 0.981. The number of hydrogen-bond donors (Lipinski definition) is 1. The lowest BCUT2D eigenvalue weighted by molar-refractivity contribution is 1.08. The third-order valence-corrected chi connectivity index (χ3v) is 0.823. The van der Waals surface area contributed by atoms with Gasteiger partial charge in [0, 0.05) is 6.20 Å². The van der Waals surface area contributed by atoms with Crippen molar-refractivity contribution in [1.29, 1.82) is 0 Å². The number of hydrogen-bond acceptors (Lipinski definition) is 1. The van der Waals surface area contributed by atoms with E-state index < -0.39 is 0 Å². The smallest absolute Gasteiger partial charge is 0.148 e. The van der Waals surface area contributed by atoms with Gasteiger partial charge in [-0.15, -0.1) is 5.54 Å². The molecule has 1 aromatic heterocycles. The molecule has 0 aliphatic heterocycles. The largest absolute Gasteiger partial charge is 0.270 e. The first-order chi connectivity index (χ1) is 3.93. The van der Waals surface area contributed by atoms with E-state index in [0.717, 1.165) is 5.69 Å². The summed E-state index contributed by atoms with van der Waals surface area (Å²) >= 11 is 0. The fourth-order valence-electron chi connectivity index (χ4n) is 0.393. The molecule has 0 saturated carbocycles. The van der Waals surface area contributed by atoms with Gasteiger partial charge in [-0.25, -0.2) is 0 Å². The Balaban J connectivity index is 2.88. The van der Waals surface area contributed by atoms with Gasteiger partial charge in [0.15, 0.2) is 0 Å². The molecule has 37 valence electrons. The molecule has 0 unspecified atom stereocenters. The molecular weight excluding hydrogens is 116 g/mol. The fraction of sp³-hybridized carbons (Fsp3) is 0. The minimum Gasteiger partial charge on any atom is -0.270 e. The van der Waals surface area contributed by atoms with Crippen LogP contribution in [-0.4, -0.2) is 20.4 Å². The maximum Gasteiger partial charge on any atom is 0.148 e. The molecule has 0 amide bonds. The molecule has 3 heteroatoms. The van der Waals surface area contributed by atoms with Crippen molar-refractivity contribution in [2.45, 2.75) is 0 Å². The Bertz CT molecular complexity index is 204. The number of rotatable bonds is 0. The van der Waals surface area contributed by atoms with Gasteiger partial charge in [-0.1, -0.05) is 5.92 Å². The third-order valence-electron chi connectivity index (χ3n) is 0.698. The van der Waals surface area contributed by atoms with Gasteiger partial charge < -0.3 is 0 Å². The predicted octanol–water partition coefficient (Wildman–Crippen LogP) is -0.113. The minimum absolute atomic E-state index is 0.819. The monoisotopic (exact) mass is 119 g/mol. The Morgan fingerprint density at radius 1 is 1.75 bits per heavy atom. The number of aromatic nitrogens is 2. The van der Waals surface area contributed by atoms with Gasteiger partial charge >= 0.3 is 0 Å². The number of nitrogens with zero attached hydrogens (tertiary/aromatic N) is 1. The van der Waals surface area contributed by atoms with Gasteiger partial charge in [-0.2, -0.15) is 5.10 Å². The second kappa shape index (κ2) is 2.33. The van der Waals surface area contributed by atoms with Crippen molar-refractivity contribution in [2.24, 2.45) is 0 Å². The summed E-state index contributed by atoms with van der Waals surface area (Å²) in [5.41, 5.74) is 3.37. The van der Waals surface area contributed by atoms with Crippen molar-refractivity contribution in [3.8, 4) is 11.5 Å². The van der Waals surface area contributed by atoms with Crippen molar-refractivity contribution < 1.29 is 0 Å². The van der Waals surface area contributed by atoms with Gasteiger partial charge in [0.25, 0.3) is 0 Å². The molecule has 8 heavy (non-hydrogen) atoms. The molecule has 0 saturated heterocycles. The first-order valence-electron chi connectivity index (χ1n) is 2.10. The van der Waals surface area contributed by atoms with E-state index in [1.54, 1.807) is 12.3 Å². The second-order valence-corrected chi connectivity index (χ2v) is 1.47. The summed E-state index contributed by atoms with van der Waals surface area (Å²) < 4.78 is 0. The molecule has 0 fully saturated rings. The van der Waals surface area contributed by atoms with E-state index >= 15 is 0 Å². The Kier molecular flexibility index (Phi) is 1.50. The maximum absolute atomic E-state index is 3.69. The number of aromatic amines is 1. The summed E-state index contributed by atoms with van der Waals surface area (Å²) in [6, 6.07) is 1.80. The van der Waals surface area contributed by atoms with E-state index in [9.17, 15) is 0 Å². The number of H-pyrrole nitrogens is 1. The zero-order chi connectivity index (χ0) is 5.82. The standard InChI is InChI=1S/C5H3N2Si/c8-4-2-5-1-3-6-7-5/h1,3H,(H,6,7). The van der Waals surface area contributed by atoms with Crippen molar-refractivity contribution in [1.82, 2.24) is 10.2 Å². The maximum atomic E-state index is 3.69. The van der Waals surface area contributed by atoms with Gasteiger partial charge in [0.2, 0.25) is 0 Å². The molecule has 1 rings (SSSR count). The van der Waals surface area contributed by atoms with Gasteiger partial charge in [-0.05, 0) is 6.07 Å². The highest BCUT2D eigenvalue weighted by Gasteiger charge is 1.79. The first kappa shape index (κ1) is 5.13. The molecule has 0 aliphatic carbocycles. The van der Waals surface area contributed by atoms with E-state index in [1.165, 1.54) is 0 Å². The minimum atomic E-state index is 0.819. The van der Waals surface area contributed by atoms with Crippen LogP contribution in [0.1, 0.15) is 5.69 Å². The summed E-state index contributed by atoms with van der Waals surface area (Å²) in [4.78, 5) is 0. The molecule has 0 aliphatic rings. The summed E-state index contributed by atoms with van der Waals surface area (Å²) in [7, 11) is 3.01. The summed E-state index contributed by atoms with van der Waals surface area (Å²) in [6.07, 6.45) is 1.66. The van der Waals surface area contributed by atoms with Crippen LogP contribution in [0.15, 0.2) is 12.3 Å². The van der Waals surface area contributed by atoms with Crippen LogP contribution in [0.5, 0.6) is 0 Å². The lowest BCUT2D eigenvalue weighted by atomic mass is 10.5. The second-order valence-electron chi connectivity index (χ2n) is 1.22. The van der Waals surface area contributed by atoms with E-state index in [2.05, 4.69) is 31.9 Å². The molecule has 1 N–H and O–H groups in total. The predicted molar refractivity (Wildman–Crippen MR) is 31.2 cm³/mol. The van der Waals surface area contributed by atoms with Crippen LogP contribution < -0.4 is 0 Å². The number of nitrogens with one attached hydrogen (secondary N) is 1. The highest BCUT2D eigenvalue weighted by atomic mass is 28.1. The Hall–Kier alpha value is -1.01. The summed E-state index contributed by atoms with van der Waals surface area (Å²) in [6.45, 7) is 0. The molecule has 1 heterocycles. The first-order valence-corrected chi connectivity index (χ1v) is 2.60.